The Hall–Kier alpha value is -0.300. The van der Waals surface area contributed by atoms with Crippen molar-refractivity contribution < 1.29 is 0 Å². The van der Waals surface area contributed by atoms with Gasteiger partial charge in [0.1, 0.15) is 0 Å². The zero-order chi connectivity index (χ0) is 11.5. The van der Waals surface area contributed by atoms with Crippen molar-refractivity contribution in [3.05, 3.63) is 12.7 Å². The highest BCUT2D eigenvalue weighted by atomic mass is 14.9. The third-order valence-corrected chi connectivity index (χ3v) is 3.20. The summed E-state index contributed by atoms with van der Waals surface area (Å²) in [5.41, 5.74) is 0. The van der Waals surface area contributed by atoms with Crippen molar-refractivity contribution in [2.45, 2.75) is 65.3 Å². The van der Waals surface area contributed by atoms with E-state index in [-0.39, 0.29) is 0 Å². The van der Waals surface area contributed by atoms with E-state index in [9.17, 15) is 0 Å². The van der Waals surface area contributed by atoms with E-state index in [1.165, 1.54) is 32.1 Å². The molecule has 0 saturated heterocycles. The van der Waals surface area contributed by atoms with Gasteiger partial charge in [-0.1, -0.05) is 39.7 Å². The minimum Gasteiger partial charge on any atom is -0.314 e. The minimum absolute atomic E-state index is 0.722. The van der Waals surface area contributed by atoms with Gasteiger partial charge < -0.3 is 5.32 Å². The van der Waals surface area contributed by atoms with E-state index in [0.29, 0.717) is 0 Å². The normalized spacial score (nSPS) is 13.1. The van der Waals surface area contributed by atoms with Crippen LogP contribution in [0.4, 0.5) is 0 Å². The molecule has 90 valence electrons. The minimum atomic E-state index is 0.722. The first-order valence-corrected chi connectivity index (χ1v) is 6.64. The van der Waals surface area contributed by atoms with E-state index in [0.717, 1.165) is 24.9 Å². The average Bonchev–Trinajstić information content (AvgIpc) is 2.26. The van der Waals surface area contributed by atoms with Crippen LogP contribution in [-0.4, -0.2) is 12.6 Å². The molecule has 0 aliphatic rings. The molecule has 0 heterocycles. The van der Waals surface area contributed by atoms with Gasteiger partial charge in [0.05, 0.1) is 0 Å². The maximum absolute atomic E-state index is 3.78. The summed E-state index contributed by atoms with van der Waals surface area (Å²) in [6, 6.07) is 0.722. The van der Waals surface area contributed by atoms with Gasteiger partial charge in [-0.05, 0) is 38.1 Å². The summed E-state index contributed by atoms with van der Waals surface area (Å²) in [6.07, 6.45) is 9.60. The van der Waals surface area contributed by atoms with Gasteiger partial charge in [0.15, 0.2) is 0 Å². The lowest BCUT2D eigenvalue weighted by molar-refractivity contribution is 0.313. The molecule has 0 spiro atoms. The van der Waals surface area contributed by atoms with Crippen LogP contribution >= 0.6 is 0 Å². The van der Waals surface area contributed by atoms with E-state index >= 15 is 0 Å². The number of allylic oxidation sites excluding steroid dienone is 1. The van der Waals surface area contributed by atoms with E-state index in [2.05, 4.69) is 32.7 Å². The lowest BCUT2D eigenvalue weighted by atomic mass is 9.90. The molecule has 0 aromatic carbocycles. The Morgan fingerprint density at radius 2 is 1.87 bits per heavy atom. The molecule has 0 amide bonds. The lowest BCUT2D eigenvalue weighted by Gasteiger charge is -2.26. The number of unbranched alkanes of at least 4 members (excludes halogenated alkanes) is 1. The van der Waals surface area contributed by atoms with Crippen LogP contribution in [0.2, 0.25) is 0 Å². The molecule has 0 aliphatic heterocycles. The second kappa shape index (κ2) is 10.2. The summed E-state index contributed by atoms with van der Waals surface area (Å²) in [5.74, 6) is 0.848. The quantitative estimate of drug-likeness (QED) is 0.423. The van der Waals surface area contributed by atoms with Crippen molar-refractivity contribution in [3.8, 4) is 0 Å². The summed E-state index contributed by atoms with van der Waals surface area (Å²) >= 11 is 0. The number of rotatable bonds is 10. The largest absolute Gasteiger partial charge is 0.314 e. The zero-order valence-corrected chi connectivity index (χ0v) is 10.9. The Balaban J connectivity index is 3.96. The lowest BCUT2D eigenvalue weighted by Crippen LogP contribution is -2.36. The van der Waals surface area contributed by atoms with Gasteiger partial charge in [0.2, 0.25) is 0 Å². The highest BCUT2D eigenvalue weighted by Gasteiger charge is 2.16. The molecule has 0 aromatic rings. The monoisotopic (exact) mass is 211 g/mol. The van der Waals surface area contributed by atoms with Crippen LogP contribution < -0.4 is 5.32 Å². The standard InChI is InChI=1S/C14H29N/c1-5-9-10-11-14(15-12-6-2)13(7-3)8-4/h5,13-15H,1,6-12H2,2-4H3. The Morgan fingerprint density at radius 1 is 1.20 bits per heavy atom. The molecular weight excluding hydrogens is 182 g/mol. The van der Waals surface area contributed by atoms with Crippen molar-refractivity contribution in [3.63, 3.8) is 0 Å². The molecule has 0 rings (SSSR count). The summed E-state index contributed by atoms with van der Waals surface area (Å²) in [7, 11) is 0. The first kappa shape index (κ1) is 14.7. The molecular formula is C14H29N. The number of hydrogen-bond acceptors (Lipinski definition) is 1. The van der Waals surface area contributed by atoms with Crippen LogP contribution in [0.5, 0.6) is 0 Å². The van der Waals surface area contributed by atoms with Crippen LogP contribution in [0.25, 0.3) is 0 Å². The molecule has 15 heavy (non-hydrogen) atoms. The average molecular weight is 211 g/mol. The van der Waals surface area contributed by atoms with Crippen LogP contribution in [0.1, 0.15) is 59.3 Å². The van der Waals surface area contributed by atoms with Gasteiger partial charge in [0.25, 0.3) is 0 Å². The predicted molar refractivity (Wildman–Crippen MR) is 70.2 cm³/mol. The Morgan fingerprint density at radius 3 is 2.33 bits per heavy atom. The smallest absolute Gasteiger partial charge is 0.00952 e. The maximum atomic E-state index is 3.78. The van der Waals surface area contributed by atoms with Gasteiger partial charge in [-0.15, -0.1) is 6.58 Å². The van der Waals surface area contributed by atoms with Crippen molar-refractivity contribution in [1.82, 2.24) is 5.32 Å². The summed E-state index contributed by atoms with van der Waals surface area (Å²) in [5, 5.41) is 3.70. The van der Waals surface area contributed by atoms with Crippen LogP contribution in [0.3, 0.4) is 0 Å². The Labute approximate surface area is 96.3 Å². The topological polar surface area (TPSA) is 12.0 Å². The van der Waals surface area contributed by atoms with Crippen molar-refractivity contribution in [1.29, 1.82) is 0 Å². The first-order chi connectivity index (χ1) is 7.29. The zero-order valence-electron chi connectivity index (χ0n) is 10.9. The van der Waals surface area contributed by atoms with Crippen LogP contribution in [0, 0.1) is 5.92 Å². The van der Waals surface area contributed by atoms with Gasteiger partial charge in [-0.3, -0.25) is 0 Å². The first-order valence-electron chi connectivity index (χ1n) is 6.64. The molecule has 0 fully saturated rings. The highest BCUT2D eigenvalue weighted by Crippen LogP contribution is 2.18. The molecule has 0 radical (unpaired) electrons. The van der Waals surface area contributed by atoms with Crippen LogP contribution in [0.15, 0.2) is 12.7 Å². The third-order valence-electron chi connectivity index (χ3n) is 3.20. The van der Waals surface area contributed by atoms with E-state index in [4.69, 9.17) is 0 Å². The maximum Gasteiger partial charge on any atom is 0.00952 e. The molecule has 0 saturated carbocycles. The third kappa shape index (κ3) is 6.72. The Bertz CT molecular complexity index is 138. The summed E-state index contributed by atoms with van der Waals surface area (Å²) < 4.78 is 0. The number of nitrogens with one attached hydrogen (secondary N) is 1. The van der Waals surface area contributed by atoms with Crippen LogP contribution in [-0.2, 0) is 0 Å². The molecule has 1 unspecified atom stereocenters. The van der Waals surface area contributed by atoms with Gasteiger partial charge >= 0.3 is 0 Å². The van der Waals surface area contributed by atoms with E-state index < -0.39 is 0 Å². The second-order valence-electron chi connectivity index (χ2n) is 4.36. The van der Waals surface area contributed by atoms with Gasteiger partial charge in [0, 0.05) is 6.04 Å². The van der Waals surface area contributed by atoms with Gasteiger partial charge in [-0.2, -0.15) is 0 Å². The molecule has 0 aliphatic carbocycles. The molecule has 1 N–H and O–H groups in total. The predicted octanol–water partition coefficient (Wildman–Crippen LogP) is 4.15. The van der Waals surface area contributed by atoms with E-state index in [1.807, 2.05) is 6.08 Å². The molecule has 1 heteroatoms. The van der Waals surface area contributed by atoms with Crippen molar-refractivity contribution in [2.24, 2.45) is 5.92 Å². The molecule has 1 nitrogen and oxygen atoms in total. The molecule has 0 bridgehead atoms. The fourth-order valence-electron chi connectivity index (χ4n) is 2.17. The van der Waals surface area contributed by atoms with Crippen molar-refractivity contribution in [2.75, 3.05) is 6.54 Å². The molecule has 1 atom stereocenters. The van der Waals surface area contributed by atoms with Crippen molar-refractivity contribution >= 4 is 0 Å². The highest BCUT2D eigenvalue weighted by molar-refractivity contribution is 4.76. The summed E-state index contributed by atoms with van der Waals surface area (Å²) in [4.78, 5) is 0. The SMILES string of the molecule is C=CCCCC(NCCC)C(CC)CC. The van der Waals surface area contributed by atoms with Gasteiger partial charge in [-0.25, -0.2) is 0 Å². The van der Waals surface area contributed by atoms with E-state index in [1.54, 1.807) is 0 Å². The fraction of sp³-hybridized carbons (Fsp3) is 0.857. The second-order valence-corrected chi connectivity index (χ2v) is 4.36. The summed E-state index contributed by atoms with van der Waals surface area (Å²) in [6.45, 7) is 11.8. The Kier molecular flexibility index (Phi) is 10.0. The number of hydrogen-bond donors (Lipinski definition) is 1. The molecule has 0 aromatic heterocycles. The fourth-order valence-corrected chi connectivity index (χ4v) is 2.17.